The first-order valence-corrected chi connectivity index (χ1v) is 8.81. The zero-order valence-electron chi connectivity index (χ0n) is 14.7. The molecular weight excluding hydrogens is 322 g/mol. The molecule has 1 aromatic heterocycles. The molecule has 1 N–H and O–H groups in total. The lowest BCUT2D eigenvalue weighted by atomic mass is 9.77. The van der Waals surface area contributed by atoms with Gasteiger partial charge >= 0.3 is 0 Å². The zero-order chi connectivity index (χ0) is 17.8. The lowest BCUT2D eigenvalue weighted by Crippen LogP contribution is -2.44. The number of hydrogen-bond donors (Lipinski definition) is 1. The normalized spacial score (nSPS) is 32.7. The Labute approximate surface area is 146 Å². The van der Waals surface area contributed by atoms with E-state index in [0.717, 1.165) is 6.42 Å². The SMILES string of the molecule is Cc1cc(N2C[C@]34C=C[C@@H](O3)[C@H](C(=O)NCCC(C)C)[C@H]4C2=O)no1. The van der Waals surface area contributed by atoms with Gasteiger partial charge in [-0.25, -0.2) is 0 Å². The van der Waals surface area contributed by atoms with E-state index in [-0.39, 0.29) is 17.9 Å². The number of aryl methyl sites for hydroxylation is 1. The molecule has 1 aromatic rings. The number of carbonyl (C=O) groups excluding carboxylic acids is 2. The van der Waals surface area contributed by atoms with E-state index in [2.05, 4.69) is 24.3 Å². The van der Waals surface area contributed by atoms with Gasteiger partial charge in [0.2, 0.25) is 11.8 Å². The van der Waals surface area contributed by atoms with Crippen LogP contribution in [-0.2, 0) is 14.3 Å². The molecule has 4 atom stereocenters. The number of ether oxygens (including phenoxy) is 1. The number of aromatic nitrogens is 1. The second kappa shape index (κ2) is 5.69. The first kappa shape index (κ1) is 16.3. The smallest absolute Gasteiger partial charge is 0.235 e. The van der Waals surface area contributed by atoms with Gasteiger partial charge < -0.3 is 14.6 Å². The summed E-state index contributed by atoms with van der Waals surface area (Å²) in [5, 5.41) is 6.91. The Morgan fingerprint density at radius 1 is 1.52 bits per heavy atom. The molecule has 2 amide bonds. The van der Waals surface area contributed by atoms with Crippen LogP contribution in [0.15, 0.2) is 22.7 Å². The topological polar surface area (TPSA) is 84.7 Å². The second-order valence-corrected chi connectivity index (χ2v) is 7.59. The molecule has 3 aliphatic heterocycles. The summed E-state index contributed by atoms with van der Waals surface area (Å²) in [7, 11) is 0. The monoisotopic (exact) mass is 345 g/mol. The molecule has 0 saturated carbocycles. The lowest BCUT2D eigenvalue weighted by molar-refractivity contribution is -0.131. The summed E-state index contributed by atoms with van der Waals surface area (Å²) in [5.74, 6) is 0.424. The van der Waals surface area contributed by atoms with Crippen LogP contribution in [0.1, 0.15) is 26.0 Å². The third-order valence-corrected chi connectivity index (χ3v) is 5.32. The van der Waals surface area contributed by atoms with E-state index in [1.165, 1.54) is 0 Å². The Balaban J connectivity index is 1.55. The van der Waals surface area contributed by atoms with Crippen molar-refractivity contribution in [3.63, 3.8) is 0 Å². The minimum absolute atomic E-state index is 0.103. The fourth-order valence-corrected chi connectivity index (χ4v) is 4.07. The molecule has 0 unspecified atom stereocenters. The summed E-state index contributed by atoms with van der Waals surface area (Å²) in [6.07, 6.45) is 4.43. The molecule has 2 saturated heterocycles. The molecule has 4 heterocycles. The molecule has 0 radical (unpaired) electrons. The third kappa shape index (κ3) is 2.49. The van der Waals surface area contributed by atoms with Gasteiger partial charge in [-0.2, -0.15) is 0 Å². The molecule has 7 heteroatoms. The van der Waals surface area contributed by atoms with Gasteiger partial charge in [0.05, 0.1) is 24.5 Å². The Kier molecular flexibility index (Phi) is 3.72. The Morgan fingerprint density at radius 3 is 3.00 bits per heavy atom. The van der Waals surface area contributed by atoms with Crippen LogP contribution in [0.3, 0.4) is 0 Å². The number of anilines is 1. The highest BCUT2D eigenvalue weighted by Gasteiger charge is 2.67. The molecule has 25 heavy (non-hydrogen) atoms. The van der Waals surface area contributed by atoms with Crippen molar-refractivity contribution < 1.29 is 18.8 Å². The van der Waals surface area contributed by atoms with Crippen molar-refractivity contribution in [1.82, 2.24) is 10.5 Å². The van der Waals surface area contributed by atoms with E-state index in [4.69, 9.17) is 9.26 Å². The van der Waals surface area contributed by atoms with E-state index in [1.54, 1.807) is 17.9 Å². The van der Waals surface area contributed by atoms with Crippen LogP contribution in [0, 0.1) is 24.7 Å². The largest absolute Gasteiger partial charge is 0.360 e. The van der Waals surface area contributed by atoms with Crippen LogP contribution in [0.25, 0.3) is 0 Å². The number of hydrogen-bond acceptors (Lipinski definition) is 5. The third-order valence-electron chi connectivity index (χ3n) is 5.32. The average molecular weight is 345 g/mol. The van der Waals surface area contributed by atoms with Gasteiger partial charge in [0.15, 0.2) is 5.82 Å². The highest BCUT2D eigenvalue weighted by Crippen LogP contribution is 2.52. The van der Waals surface area contributed by atoms with Crippen LogP contribution < -0.4 is 10.2 Å². The number of carbonyl (C=O) groups is 2. The molecule has 2 bridgehead atoms. The molecule has 2 fully saturated rings. The predicted octanol–water partition coefficient (Wildman–Crippen LogP) is 1.43. The van der Waals surface area contributed by atoms with Gasteiger partial charge in [-0.05, 0) is 19.3 Å². The highest BCUT2D eigenvalue weighted by atomic mass is 16.5. The summed E-state index contributed by atoms with van der Waals surface area (Å²) in [4.78, 5) is 27.3. The number of amides is 2. The van der Waals surface area contributed by atoms with Crippen LogP contribution in [0.2, 0.25) is 0 Å². The highest BCUT2D eigenvalue weighted by molar-refractivity contribution is 6.02. The Bertz CT molecular complexity index is 740. The van der Waals surface area contributed by atoms with Crippen molar-refractivity contribution in [2.45, 2.75) is 38.9 Å². The van der Waals surface area contributed by atoms with Gasteiger partial charge in [-0.1, -0.05) is 31.2 Å². The van der Waals surface area contributed by atoms with Gasteiger partial charge in [-0.15, -0.1) is 0 Å². The van der Waals surface area contributed by atoms with E-state index >= 15 is 0 Å². The van der Waals surface area contributed by atoms with Crippen molar-refractivity contribution in [3.05, 3.63) is 24.0 Å². The molecule has 3 aliphatic rings. The molecular formula is C18H23N3O4. The molecule has 0 aliphatic carbocycles. The lowest BCUT2D eigenvalue weighted by Gasteiger charge is -2.23. The van der Waals surface area contributed by atoms with Crippen molar-refractivity contribution in [2.24, 2.45) is 17.8 Å². The fraction of sp³-hybridized carbons (Fsp3) is 0.611. The van der Waals surface area contributed by atoms with Gasteiger partial charge in [0.25, 0.3) is 0 Å². The summed E-state index contributed by atoms with van der Waals surface area (Å²) in [6.45, 7) is 6.99. The maximum absolute atomic E-state index is 13.0. The van der Waals surface area contributed by atoms with Crippen LogP contribution in [-0.4, -0.2) is 41.8 Å². The average Bonchev–Trinajstić information content (AvgIpc) is 3.28. The summed E-state index contributed by atoms with van der Waals surface area (Å²) >= 11 is 0. The number of fused-ring (bicyclic) bond motifs is 1. The van der Waals surface area contributed by atoms with Crippen LogP contribution in [0.5, 0.6) is 0 Å². The van der Waals surface area contributed by atoms with Gasteiger partial charge in [0.1, 0.15) is 11.4 Å². The van der Waals surface area contributed by atoms with E-state index in [0.29, 0.717) is 30.6 Å². The Hall–Kier alpha value is -2.15. The summed E-state index contributed by atoms with van der Waals surface area (Å²) in [6, 6.07) is 1.73. The fourth-order valence-electron chi connectivity index (χ4n) is 4.07. The maximum atomic E-state index is 13.0. The summed E-state index contributed by atoms with van der Waals surface area (Å²) in [5.41, 5.74) is -0.728. The van der Waals surface area contributed by atoms with Crippen LogP contribution >= 0.6 is 0 Å². The standard InChI is InChI=1S/C18H23N3O4/c1-10(2)5-7-19-16(22)14-12-4-6-18(24-12)9-21(17(23)15(14)18)13-8-11(3)25-20-13/h4,6,8,10,12,14-15H,5,7,9H2,1-3H3,(H,19,22)/t12-,14+,15+,18+/m1/s1. The number of nitrogens with one attached hydrogen (secondary N) is 1. The maximum Gasteiger partial charge on any atom is 0.235 e. The van der Waals surface area contributed by atoms with Gasteiger partial charge in [0, 0.05) is 12.6 Å². The van der Waals surface area contributed by atoms with E-state index < -0.39 is 17.4 Å². The quantitative estimate of drug-likeness (QED) is 0.816. The van der Waals surface area contributed by atoms with Crippen LogP contribution in [0.4, 0.5) is 5.82 Å². The minimum Gasteiger partial charge on any atom is -0.360 e. The van der Waals surface area contributed by atoms with Crippen molar-refractivity contribution in [1.29, 1.82) is 0 Å². The first-order valence-electron chi connectivity index (χ1n) is 8.81. The predicted molar refractivity (Wildman–Crippen MR) is 89.8 cm³/mol. The minimum atomic E-state index is -0.728. The molecule has 1 spiro atoms. The van der Waals surface area contributed by atoms with Crippen molar-refractivity contribution in [2.75, 3.05) is 18.0 Å². The van der Waals surface area contributed by atoms with E-state index in [9.17, 15) is 9.59 Å². The first-order chi connectivity index (χ1) is 11.9. The Morgan fingerprint density at radius 2 is 2.32 bits per heavy atom. The van der Waals surface area contributed by atoms with Crippen molar-refractivity contribution >= 4 is 17.6 Å². The summed E-state index contributed by atoms with van der Waals surface area (Å²) < 4.78 is 11.2. The molecule has 0 aromatic carbocycles. The number of rotatable bonds is 5. The second-order valence-electron chi connectivity index (χ2n) is 7.59. The molecule has 7 nitrogen and oxygen atoms in total. The van der Waals surface area contributed by atoms with Gasteiger partial charge in [-0.3, -0.25) is 14.5 Å². The molecule has 4 rings (SSSR count). The number of nitrogens with zero attached hydrogens (tertiary/aromatic N) is 2. The van der Waals surface area contributed by atoms with E-state index in [1.807, 2.05) is 12.2 Å². The van der Waals surface area contributed by atoms with Crippen molar-refractivity contribution in [3.8, 4) is 0 Å². The zero-order valence-corrected chi connectivity index (χ0v) is 14.7. The molecule has 134 valence electrons.